The highest BCUT2D eigenvalue weighted by Crippen LogP contribution is 2.47. The lowest BCUT2D eigenvalue weighted by molar-refractivity contribution is 0.476. The number of fused-ring (bicyclic) bond motifs is 4. The number of rotatable bonds is 3. The minimum Gasteiger partial charge on any atom is -0.453 e. The van der Waals surface area contributed by atoms with Crippen LogP contribution in [-0.4, -0.2) is 9.55 Å². The highest BCUT2D eigenvalue weighted by Gasteiger charge is 2.25. The molecule has 0 N–H and O–H groups in total. The molecule has 0 spiro atoms. The third-order valence-electron chi connectivity index (χ3n) is 8.37. The zero-order chi connectivity index (χ0) is 27.6. The topological polar surface area (TPSA) is 27.1 Å². The van der Waals surface area contributed by atoms with Crippen LogP contribution in [0.5, 0.6) is 11.5 Å². The molecule has 42 heavy (non-hydrogen) atoms. The summed E-state index contributed by atoms with van der Waals surface area (Å²) in [6, 6.07) is 51.4. The lowest BCUT2D eigenvalue weighted by Crippen LogP contribution is -2.05. The molecule has 8 aromatic rings. The molecule has 1 aromatic heterocycles. The van der Waals surface area contributed by atoms with Crippen LogP contribution in [0.2, 0.25) is 0 Å². The molecule has 0 radical (unpaired) electrons. The van der Waals surface area contributed by atoms with E-state index < -0.39 is 0 Å². The number of imidazole rings is 1. The van der Waals surface area contributed by atoms with Crippen LogP contribution in [0.25, 0.3) is 71.9 Å². The zero-order valence-corrected chi connectivity index (χ0v) is 22.7. The van der Waals surface area contributed by atoms with E-state index in [0.717, 1.165) is 39.6 Å². The smallest absolute Gasteiger partial charge is 0.153 e. The maximum Gasteiger partial charge on any atom is 0.153 e. The van der Waals surface area contributed by atoms with Gasteiger partial charge in [-0.15, -0.1) is 0 Å². The minimum atomic E-state index is 0.827. The van der Waals surface area contributed by atoms with Crippen LogP contribution < -0.4 is 4.74 Å². The van der Waals surface area contributed by atoms with Crippen molar-refractivity contribution in [3.8, 4) is 50.8 Å². The standard InChI is InChI=1S/C39H24N2O/c1-3-12-25(13-4-1)36-28-16-7-8-17-29(28)37(26-14-5-2-6-15-26)31-24-27(22-23-30(31)36)39-40-32-18-11-21-35-38(32)41(39)33-19-9-10-20-34(33)42-35/h1-24H. The van der Waals surface area contributed by atoms with Crippen molar-refractivity contribution in [2.75, 3.05) is 0 Å². The summed E-state index contributed by atoms with van der Waals surface area (Å²) >= 11 is 0. The summed E-state index contributed by atoms with van der Waals surface area (Å²) in [5.74, 6) is 2.57. The first-order chi connectivity index (χ1) is 20.8. The lowest BCUT2D eigenvalue weighted by atomic mass is 9.85. The first-order valence-electron chi connectivity index (χ1n) is 14.2. The molecule has 0 bridgehead atoms. The Balaban J connectivity index is 1.42. The molecule has 1 aliphatic heterocycles. The van der Waals surface area contributed by atoms with Crippen molar-refractivity contribution in [1.29, 1.82) is 0 Å². The van der Waals surface area contributed by atoms with E-state index in [1.165, 1.54) is 43.8 Å². The predicted octanol–water partition coefficient (Wildman–Crippen LogP) is 10.4. The molecule has 0 atom stereocenters. The molecule has 2 heterocycles. The van der Waals surface area contributed by atoms with E-state index >= 15 is 0 Å². The number of nitrogens with zero attached hydrogens (tertiary/aromatic N) is 2. The monoisotopic (exact) mass is 536 g/mol. The van der Waals surface area contributed by atoms with Gasteiger partial charge in [-0.3, -0.25) is 4.57 Å². The average Bonchev–Trinajstić information content (AvgIpc) is 3.45. The van der Waals surface area contributed by atoms with E-state index in [-0.39, 0.29) is 0 Å². The van der Waals surface area contributed by atoms with Gasteiger partial charge >= 0.3 is 0 Å². The summed E-state index contributed by atoms with van der Waals surface area (Å²) in [5, 5.41) is 4.92. The zero-order valence-electron chi connectivity index (χ0n) is 22.7. The molecule has 3 nitrogen and oxygen atoms in total. The molecule has 0 saturated heterocycles. The second-order valence-corrected chi connectivity index (χ2v) is 10.8. The largest absolute Gasteiger partial charge is 0.453 e. The number of benzene rings is 7. The summed E-state index contributed by atoms with van der Waals surface area (Å²) in [7, 11) is 0. The lowest BCUT2D eigenvalue weighted by Gasteiger charge is -2.21. The molecule has 196 valence electrons. The van der Waals surface area contributed by atoms with E-state index in [9.17, 15) is 0 Å². The Bertz CT molecular complexity index is 2320. The fraction of sp³-hybridized carbons (Fsp3) is 0. The van der Waals surface area contributed by atoms with Crippen LogP contribution in [0.1, 0.15) is 0 Å². The van der Waals surface area contributed by atoms with Gasteiger partial charge in [0.2, 0.25) is 0 Å². The molecule has 1 aliphatic rings. The molecular formula is C39H24N2O. The highest BCUT2D eigenvalue weighted by molar-refractivity contribution is 6.22. The second-order valence-electron chi connectivity index (χ2n) is 10.8. The maximum atomic E-state index is 6.30. The Morgan fingerprint density at radius 3 is 1.79 bits per heavy atom. The molecule has 0 aliphatic carbocycles. The molecule has 9 rings (SSSR count). The van der Waals surface area contributed by atoms with Crippen molar-refractivity contribution in [3.05, 3.63) is 146 Å². The Kier molecular flexibility index (Phi) is 4.90. The summed E-state index contributed by atoms with van der Waals surface area (Å²) < 4.78 is 8.55. The SMILES string of the molecule is c1ccc(-c2c3ccccc3c(-c3ccccc3)c3cc(-c4nc5cccc6c5n4-c4ccccc4O6)ccc23)cc1. The van der Waals surface area contributed by atoms with Crippen molar-refractivity contribution in [2.45, 2.75) is 0 Å². The summed E-state index contributed by atoms with van der Waals surface area (Å²) in [6.45, 7) is 0. The van der Waals surface area contributed by atoms with Crippen LogP contribution in [0.4, 0.5) is 0 Å². The molecule has 7 aromatic carbocycles. The van der Waals surface area contributed by atoms with Gasteiger partial charge in [0.1, 0.15) is 11.3 Å². The highest BCUT2D eigenvalue weighted by atomic mass is 16.5. The third kappa shape index (κ3) is 3.31. The average molecular weight is 537 g/mol. The molecular weight excluding hydrogens is 512 g/mol. The molecule has 0 unspecified atom stereocenters. The number of hydrogen-bond donors (Lipinski definition) is 0. The van der Waals surface area contributed by atoms with Gasteiger partial charge in [-0.1, -0.05) is 115 Å². The van der Waals surface area contributed by atoms with Gasteiger partial charge in [0.15, 0.2) is 11.5 Å². The van der Waals surface area contributed by atoms with Crippen molar-refractivity contribution in [1.82, 2.24) is 9.55 Å². The van der Waals surface area contributed by atoms with Crippen LogP contribution in [0, 0.1) is 0 Å². The molecule has 0 amide bonds. The van der Waals surface area contributed by atoms with Gasteiger partial charge in [0, 0.05) is 5.56 Å². The molecule has 3 heteroatoms. The summed E-state index contributed by atoms with van der Waals surface area (Å²) in [6.07, 6.45) is 0. The van der Waals surface area contributed by atoms with Gasteiger partial charge in [-0.05, 0) is 74.1 Å². The Labute approximate surface area is 242 Å². The fourth-order valence-corrected chi connectivity index (χ4v) is 6.60. The van der Waals surface area contributed by atoms with Gasteiger partial charge in [0.05, 0.1) is 11.2 Å². The predicted molar refractivity (Wildman–Crippen MR) is 172 cm³/mol. The fourth-order valence-electron chi connectivity index (χ4n) is 6.60. The number of hydrogen-bond acceptors (Lipinski definition) is 2. The van der Waals surface area contributed by atoms with E-state index in [4.69, 9.17) is 9.72 Å². The van der Waals surface area contributed by atoms with Crippen molar-refractivity contribution >= 4 is 32.6 Å². The van der Waals surface area contributed by atoms with Crippen LogP contribution in [0.3, 0.4) is 0 Å². The van der Waals surface area contributed by atoms with E-state index in [0.29, 0.717) is 0 Å². The Morgan fingerprint density at radius 1 is 0.452 bits per heavy atom. The maximum absolute atomic E-state index is 6.30. The Morgan fingerprint density at radius 2 is 1.05 bits per heavy atom. The van der Waals surface area contributed by atoms with Crippen LogP contribution in [-0.2, 0) is 0 Å². The Hall–Kier alpha value is -5.67. The quantitative estimate of drug-likeness (QED) is 0.210. The van der Waals surface area contributed by atoms with Crippen LogP contribution in [0.15, 0.2) is 146 Å². The van der Waals surface area contributed by atoms with Crippen molar-refractivity contribution < 1.29 is 4.74 Å². The first-order valence-corrected chi connectivity index (χ1v) is 14.2. The van der Waals surface area contributed by atoms with Crippen molar-refractivity contribution in [2.24, 2.45) is 0 Å². The van der Waals surface area contributed by atoms with Crippen LogP contribution >= 0.6 is 0 Å². The van der Waals surface area contributed by atoms with Gasteiger partial charge in [-0.25, -0.2) is 4.98 Å². The summed E-state index contributed by atoms with van der Waals surface area (Å²) in [5.41, 5.74) is 8.88. The first kappa shape index (κ1) is 23.1. The van der Waals surface area contributed by atoms with Gasteiger partial charge in [-0.2, -0.15) is 0 Å². The second kappa shape index (κ2) is 8.92. The number of ether oxygens (including phenoxy) is 1. The molecule has 0 fully saturated rings. The van der Waals surface area contributed by atoms with Gasteiger partial charge in [0.25, 0.3) is 0 Å². The van der Waals surface area contributed by atoms with E-state index in [1.54, 1.807) is 0 Å². The third-order valence-corrected chi connectivity index (χ3v) is 8.37. The minimum absolute atomic E-state index is 0.827. The number of para-hydroxylation sites is 3. The normalized spacial score (nSPS) is 12.0. The van der Waals surface area contributed by atoms with E-state index in [2.05, 4.69) is 126 Å². The summed E-state index contributed by atoms with van der Waals surface area (Å²) in [4.78, 5) is 5.19. The molecule has 0 saturated carbocycles. The van der Waals surface area contributed by atoms with Gasteiger partial charge < -0.3 is 4.74 Å². The number of aromatic nitrogens is 2. The van der Waals surface area contributed by atoms with Crippen molar-refractivity contribution in [3.63, 3.8) is 0 Å². The van der Waals surface area contributed by atoms with E-state index in [1.807, 2.05) is 24.3 Å².